The van der Waals surface area contributed by atoms with Gasteiger partial charge in [-0.1, -0.05) is 18.2 Å². The summed E-state index contributed by atoms with van der Waals surface area (Å²) in [4.78, 5) is 22.0. The zero-order chi connectivity index (χ0) is 15.2. The van der Waals surface area contributed by atoms with Crippen LogP contribution in [-0.2, 0) is 4.79 Å². The number of alkyl halides is 3. The monoisotopic (exact) mass is 289 g/mol. The third-order valence-electron chi connectivity index (χ3n) is 2.71. The van der Waals surface area contributed by atoms with Gasteiger partial charge < -0.3 is 10.4 Å². The van der Waals surface area contributed by atoms with Gasteiger partial charge in [-0.3, -0.25) is 9.59 Å². The van der Waals surface area contributed by atoms with E-state index in [1.807, 2.05) is 0 Å². The molecule has 0 fully saturated rings. The fraction of sp³-hybridized carbons (Fsp3) is 0.385. The standard InChI is InChI=1S/C13H14F3NO3/c14-13(15,16)10(6-7-11(18)19)8-17-12(20)9-4-2-1-3-5-9/h1-5,10H,6-8H2,(H,17,20)(H,18,19). The van der Waals surface area contributed by atoms with Gasteiger partial charge in [0, 0.05) is 18.5 Å². The summed E-state index contributed by atoms with van der Waals surface area (Å²) in [5.41, 5.74) is 0.256. The summed E-state index contributed by atoms with van der Waals surface area (Å²) >= 11 is 0. The lowest BCUT2D eigenvalue weighted by molar-refractivity contribution is -0.175. The highest BCUT2D eigenvalue weighted by atomic mass is 19.4. The lowest BCUT2D eigenvalue weighted by Crippen LogP contribution is -2.36. The summed E-state index contributed by atoms with van der Waals surface area (Å²) < 4.78 is 38.0. The molecule has 0 saturated heterocycles. The van der Waals surface area contributed by atoms with Gasteiger partial charge in [-0.2, -0.15) is 13.2 Å². The van der Waals surface area contributed by atoms with Crippen molar-refractivity contribution in [3.05, 3.63) is 35.9 Å². The molecule has 2 N–H and O–H groups in total. The second kappa shape index (κ2) is 6.93. The quantitative estimate of drug-likeness (QED) is 0.845. The molecule has 0 bridgehead atoms. The van der Waals surface area contributed by atoms with Gasteiger partial charge in [-0.05, 0) is 18.6 Å². The van der Waals surface area contributed by atoms with Crippen LogP contribution in [0.1, 0.15) is 23.2 Å². The van der Waals surface area contributed by atoms with Crippen molar-refractivity contribution >= 4 is 11.9 Å². The van der Waals surface area contributed by atoms with Crippen LogP contribution in [0.4, 0.5) is 13.2 Å². The average Bonchev–Trinajstić information content (AvgIpc) is 2.37. The molecule has 0 aromatic heterocycles. The molecule has 1 amide bonds. The molecule has 4 nitrogen and oxygen atoms in total. The van der Waals surface area contributed by atoms with E-state index < -0.39 is 43.4 Å². The minimum absolute atomic E-state index is 0.256. The Morgan fingerprint density at radius 1 is 1.20 bits per heavy atom. The lowest BCUT2D eigenvalue weighted by atomic mass is 10.0. The number of hydrogen-bond acceptors (Lipinski definition) is 2. The van der Waals surface area contributed by atoms with Gasteiger partial charge in [0.15, 0.2) is 0 Å². The molecule has 0 saturated carbocycles. The Morgan fingerprint density at radius 2 is 1.80 bits per heavy atom. The first-order chi connectivity index (χ1) is 9.30. The summed E-state index contributed by atoms with van der Waals surface area (Å²) in [7, 11) is 0. The molecule has 20 heavy (non-hydrogen) atoms. The van der Waals surface area contributed by atoms with Gasteiger partial charge in [0.25, 0.3) is 5.91 Å². The molecule has 1 aromatic rings. The molecular weight excluding hydrogens is 275 g/mol. The van der Waals surface area contributed by atoms with Crippen LogP contribution < -0.4 is 5.32 Å². The Kier molecular flexibility index (Phi) is 5.54. The highest BCUT2D eigenvalue weighted by molar-refractivity contribution is 5.94. The highest BCUT2D eigenvalue weighted by Gasteiger charge is 2.39. The van der Waals surface area contributed by atoms with Crippen molar-refractivity contribution in [3.63, 3.8) is 0 Å². The zero-order valence-electron chi connectivity index (χ0n) is 10.5. The molecule has 110 valence electrons. The van der Waals surface area contributed by atoms with Gasteiger partial charge in [0.05, 0.1) is 5.92 Å². The van der Waals surface area contributed by atoms with Crippen molar-refractivity contribution in [1.29, 1.82) is 0 Å². The van der Waals surface area contributed by atoms with E-state index >= 15 is 0 Å². The van der Waals surface area contributed by atoms with Crippen molar-refractivity contribution in [1.82, 2.24) is 5.32 Å². The summed E-state index contributed by atoms with van der Waals surface area (Å²) in [5.74, 6) is -3.78. The van der Waals surface area contributed by atoms with E-state index in [1.54, 1.807) is 18.2 Å². The van der Waals surface area contributed by atoms with Crippen LogP contribution in [0.15, 0.2) is 30.3 Å². The second-order valence-electron chi connectivity index (χ2n) is 4.25. The molecule has 0 aliphatic carbocycles. The molecule has 1 aromatic carbocycles. The summed E-state index contributed by atoms with van der Waals surface area (Å²) in [6.07, 6.45) is -5.70. The maximum Gasteiger partial charge on any atom is 0.393 e. The molecule has 1 unspecified atom stereocenters. The van der Waals surface area contributed by atoms with E-state index in [2.05, 4.69) is 5.32 Å². The van der Waals surface area contributed by atoms with Crippen molar-refractivity contribution in [2.75, 3.05) is 6.54 Å². The van der Waals surface area contributed by atoms with Crippen LogP contribution in [0.2, 0.25) is 0 Å². The first kappa shape index (κ1) is 16.0. The molecule has 0 aliphatic rings. The van der Waals surface area contributed by atoms with Crippen molar-refractivity contribution in [2.45, 2.75) is 19.0 Å². The third kappa shape index (κ3) is 5.29. The number of hydrogen-bond donors (Lipinski definition) is 2. The van der Waals surface area contributed by atoms with Gasteiger partial charge in [0.1, 0.15) is 0 Å². The van der Waals surface area contributed by atoms with Crippen molar-refractivity contribution in [2.24, 2.45) is 5.92 Å². The first-order valence-electron chi connectivity index (χ1n) is 5.92. The van der Waals surface area contributed by atoms with Crippen LogP contribution in [0.25, 0.3) is 0 Å². The number of amides is 1. The SMILES string of the molecule is O=C(O)CCC(CNC(=O)c1ccccc1)C(F)(F)F. The van der Waals surface area contributed by atoms with Crippen LogP contribution in [0.5, 0.6) is 0 Å². The van der Waals surface area contributed by atoms with Gasteiger partial charge in [-0.15, -0.1) is 0 Å². The molecule has 0 aliphatic heterocycles. The molecule has 7 heteroatoms. The number of carbonyl (C=O) groups is 2. The number of carbonyl (C=O) groups excluding carboxylic acids is 1. The minimum Gasteiger partial charge on any atom is -0.481 e. The number of rotatable bonds is 6. The van der Waals surface area contributed by atoms with E-state index in [4.69, 9.17) is 5.11 Å². The third-order valence-corrected chi connectivity index (χ3v) is 2.71. The molecule has 0 spiro atoms. The summed E-state index contributed by atoms with van der Waals surface area (Å²) in [6, 6.07) is 7.84. The Hall–Kier alpha value is -2.05. The lowest BCUT2D eigenvalue weighted by Gasteiger charge is -2.20. The van der Waals surface area contributed by atoms with E-state index in [1.165, 1.54) is 12.1 Å². The highest BCUT2D eigenvalue weighted by Crippen LogP contribution is 2.29. The Bertz CT molecular complexity index is 460. The average molecular weight is 289 g/mol. The van der Waals surface area contributed by atoms with Gasteiger partial charge >= 0.3 is 12.1 Å². The largest absolute Gasteiger partial charge is 0.481 e. The van der Waals surface area contributed by atoms with Crippen LogP contribution in [0.3, 0.4) is 0 Å². The Morgan fingerprint density at radius 3 is 2.30 bits per heavy atom. The van der Waals surface area contributed by atoms with Gasteiger partial charge in [-0.25, -0.2) is 0 Å². The van der Waals surface area contributed by atoms with E-state index in [9.17, 15) is 22.8 Å². The predicted octanol–water partition coefficient (Wildman–Crippen LogP) is 2.46. The number of halogens is 3. The number of carboxylic acid groups (broad SMARTS) is 1. The zero-order valence-corrected chi connectivity index (χ0v) is 10.5. The normalized spacial score (nSPS) is 12.8. The number of benzene rings is 1. The molecule has 0 heterocycles. The van der Waals surface area contributed by atoms with Crippen molar-refractivity contribution in [3.8, 4) is 0 Å². The smallest absolute Gasteiger partial charge is 0.393 e. The van der Waals surface area contributed by atoms with E-state index in [0.717, 1.165) is 0 Å². The number of aliphatic carboxylic acids is 1. The molecule has 1 rings (SSSR count). The summed E-state index contributed by atoms with van der Waals surface area (Å²) in [5, 5.41) is 10.6. The van der Waals surface area contributed by atoms with Crippen LogP contribution in [0, 0.1) is 5.92 Å². The summed E-state index contributed by atoms with van der Waals surface area (Å²) in [6.45, 7) is -0.634. The second-order valence-corrected chi connectivity index (χ2v) is 4.25. The number of nitrogens with one attached hydrogen (secondary N) is 1. The Labute approximate surface area is 113 Å². The van der Waals surface area contributed by atoms with E-state index in [-0.39, 0.29) is 5.56 Å². The minimum atomic E-state index is -4.54. The topological polar surface area (TPSA) is 66.4 Å². The Balaban J connectivity index is 2.58. The molecule has 1 atom stereocenters. The van der Waals surface area contributed by atoms with Gasteiger partial charge in [0.2, 0.25) is 0 Å². The first-order valence-corrected chi connectivity index (χ1v) is 5.92. The maximum absolute atomic E-state index is 12.7. The van der Waals surface area contributed by atoms with E-state index in [0.29, 0.717) is 0 Å². The molecular formula is C13H14F3NO3. The van der Waals surface area contributed by atoms with Crippen molar-refractivity contribution < 1.29 is 27.9 Å². The maximum atomic E-state index is 12.7. The number of carboxylic acids is 1. The fourth-order valence-electron chi connectivity index (χ4n) is 1.59. The van der Waals surface area contributed by atoms with Crippen LogP contribution >= 0.6 is 0 Å². The predicted molar refractivity (Wildman–Crippen MR) is 65.2 cm³/mol. The molecule has 0 radical (unpaired) electrons. The fourth-order valence-corrected chi connectivity index (χ4v) is 1.59. The van der Waals surface area contributed by atoms with Crippen LogP contribution in [-0.4, -0.2) is 29.7 Å².